The predicted molar refractivity (Wildman–Crippen MR) is 97.2 cm³/mol. The van der Waals surface area contributed by atoms with Crippen molar-refractivity contribution in [3.8, 4) is 5.75 Å². The van der Waals surface area contributed by atoms with E-state index in [2.05, 4.69) is 4.98 Å². The summed E-state index contributed by atoms with van der Waals surface area (Å²) in [5.41, 5.74) is 2.78. The van der Waals surface area contributed by atoms with Crippen molar-refractivity contribution in [2.75, 3.05) is 7.11 Å². The Balaban J connectivity index is 1.77. The van der Waals surface area contributed by atoms with Crippen molar-refractivity contribution in [2.24, 2.45) is 5.92 Å². The van der Waals surface area contributed by atoms with E-state index in [9.17, 15) is 5.11 Å². The van der Waals surface area contributed by atoms with Gasteiger partial charge in [-0.1, -0.05) is 30.3 Å². The minimum atomic E-state index is -0.784. The molecule has 1 fully saturated rings. The number of ether oxygens (including phenoxy) is 2. The number of pyridine rings is 1. The molecule has 3 aromatic rings. The second-order valence-corrected chi connectivity index (χ2v) is 7.34. The average molecular weight is 350 g/mol. The lowest BCUT2D eigenvalue weighted by molar-refractivity contribution is -0.172. The van der Waals surface area contributed by atoms with E-state index in [1.54, 1.807) is 7.11 Å². The van der Waals surface area contributed by atoms with Gasteiger partial charge in [0.2, 0.25) is 0 Å². The highest BCUT2D eigenvalue weighted by molar-refractivity contribution is 5.62. The minimum Gasteiger partial charge on any atom is -0.479 e. The number of aliphatic hydroxyl groups is 1. The van der Waals surface area contributed by atoms with E-state index in [-0.39, 0.29) is 5.92 Å². The molecule has 3 heterocycles. The Bertz CT molecular complexity index is 964. The van der Waals surface area contributed by atoms with Crippen LogP contribution in [0.25, 0.3) is 5.65 Å². The first kappa shape index (κ1) is 15.9. The quantitative estimate of drug-likeness (QED) is 0.787. The fourth-order valence-electron chi connectivity index (χ4n) is 4.41. The molecular weight excluding hydrogens is 328 g/mol. The van der Waals surface area contributed by atoms with Crippen LogP contribution in [0.3, 0.4) is 0 Å². The van der Waals surface area contributed by atoms with Crippen molar-refractivity contribution in [3.63, 3.8) is 0 Å². The summed E-state index contributed by atoms with van der Waals surface area (Å²) in [6.07, 6.45) is 4.77. The number of aliphatic hydroxyl groups excluding tert-OH is 1. The second-order valence-electron chi connectivity index (χ2n) is 7.34. The van der Waals surface area contributed by atoms with Crippen molar-refractivity contribution in [1.29, 1.82) is 0 Å². The number of fused-ring (bicyclic) bond motifs is 3. The molecule has 0 spiro atoms. The van der Waals surface area contributed by atoms with Gasteiger partial charge in [-0.15, -0.1) is 0 Å². The summed E-state index contributed by atoms with van der Waals surface area (Å²) < 4.78 is 14.4. The smallest absolute Gasteiger partial charge is 0.180 e. The van der Waals surface area contributed by atoms with Gasteiger partial charge in [0.1, 0.15) is 11.7 Å². The fraction of sp³-hybridized carbons (Fsp3) is 0.381. The van der Waals surface area contributed by atoms with Gasteiger partial charge in [0, 0.05) is 25.1 Å². The van der Waals surface area contributed by atoms with E-state index in [0.717, 1.165) is 35.3 Å². The number of methoxy groups -OCH3 is 1. The maximum absolute atomic E-state index is 11.4. The first-order chi connectivity index (χ1) is 12.6. The highest BCUT2D eigenvalue weighted by Gasteiger charge is 2.59. The fourth-order valence-corrected chi connectivity index (χ4v) is 4.41. The number of hydrogen-bond acceptors (Lipinski definition) is 4. The van der Waals surface area contributed by atoms with Gasteiger partial charge < -0.3 is 19.0 Å². The Morgan fingerprint density at radius 1 is 1.23 bits per heavy atom. The van der Waals surface area contributed by atoms with Gasteiger partial charge >= 0.3 is 0 Å². The average Bonchev–Trinajstić information content (AvgIpc) is 3.43. The van der Waals surface area contributed by atoms with Crippen LogP contribution in [0, 0.1) is 12.8 Å². The molecule has 2 unspecified atom stereocenters. The predicted octanol–water partition coefficient (Wildman–Crippen LogP) is 3.39. The zero-order valence-electron chi connectivity index (χ0n) is 14.9. The van der Waals surface area contributed by atoms with E-state index in [1.165, 1.54) is 0 Å². The van der Waals surface area contributed by atoms with Crippen LogP contribution in [0.5, 0.6) is 5.75 Å². The number of aromatic nitrogens is 2. The maximum atomic E-state index is 11.4. The normalized spacial score (nSPS) is 28.0. The lowest BCUT2D eigenvalue weighted by Crippen LogP contribution is -2.51. The SMILES string of the molecule is COC1(C2CC2)c2ccn3cc(C)nc3c2O[C@H](c2ccccc2)C1O. The zero-order chi connectivity index (χ0) is 17.9. The summed E-state index contributed by atoms with van der Waals surface area (Å²) in [5, 5.41) is 11.4. The monoisotopic (exact) mass is 350 g/mol. The molecule has 1 aromatic carbocycles. The number of imidazole rings is 1. The number of aryl methyl sites for hydroxylation is 1. The molecule has 3 atom stereocenters. The summed E-state index contributed by atoms with van der Waals surface area (Å²) >= 11 is 0. The third kappa shape index (κ3) is 2.07. The third-order valence-corrected chi connectivity index (χ3v) is 5.74. The Labute approximate surface area is 152 Å². The van der Waals surface area contributed by atoms with Gasteiger partial charge in [0.05, 0.1) is 5.69 Å². The molecule has 5 heteroatoms. The topological polar surface area (TPSA) is 56.0 Å². The van der Waals surface area contributed by atoms with Gasteiger partial charge in [-0.05, 0) is 37.3 Å². The molecule has 0 bridgehead atoms. The molecule has 26 heavy (non-hydrogen) atoms. The lowest BCUT2D eigenvalue weighted by Gasteiger charge is -2.45. The standard InChI is InChI=1S/C21H22N2O3/c1-13-12-23-11-10-16-18(20(23)22-13)26-17(14-6-4-3-5-7-14)19(24)21(16,25-2)15-8-9-15/h3-7,10-12,15,17,19,24H,8-9H2,1-2H3/t17-,19?,21?/m1/s1. The van der Waals surface area contributed by atoms with Gasteiger partial charge in [0.15, 0.2) is 17.5 Å². The molecule has 5 rings (SSSR count). The summed E-state index contributed by atoms with van der Waals surface area (Å²) in [6.45, 7) is 1.97. The maximum Gasteiger partial charge on any atom is 0.180 e. The second kappa shape index (κ2) is 5.56. The van der Waals surface area contributed by atoms with Crippen molar-refractivity contribution < 1.29 is 14.6 Å². The Kier molecular flexibility index (Phi) is 3.39. The van der Waals surface area contributed by atoms with Gasteiger partial charge in [-0.3, -0.25) is 0 Å². The molecule has 5 nitrogen and oxygen atoms in total. The van der Waals surface area contributed by atoms with Crippen LogP contribution in [-0.4, -0.2) is 27.7 Å². The van der Waals surface area contributed by atoms with Crippen LogP contribution in [-0.2, 0) is 10.3 Å². The van der Waals surface area contributed by atoms with Crippen LogP contribution >= 0.6 is 0 Å². The lowest BCUT2D eigenvalue weighted by atomic mass is 9.77. The zero-order valence-corrected chi connectivity index (χ0v) is 14.9. The number of hydrogen-bond donors (Lipinski definition) is 1. The Morgan fingerprint density at radius 2 is 2.00 bits per heavy atom. The summed E-state index contributed by atoms with van der Waals surface area (Å²) in [5.74, 6) is 1.00. The molecule has 0 radical (unpaired) electrons. The van der Waals surface area contributed by atoms with Crippen LogP contribution in [0.2, 0.25) is 0 Å². The van der Waals surface area contributed by atoms with E-state index in [4.69, 9.17) is 9.47 Å². The number of benzene rings is 1. The summed E-state index contributed by atoms with van der Waals surface area (Å²) in [7, 11) is 1.69. The van der Waals surface area contributed by atoms with Crippen molar-refractivity contribution in [1.82, 2.24) is 9.38 Å². The molecule has 1 aliphatic heterocycles. The van der Waals surface area contributed by atoms with Gasteiger partial charge in [0.25, 0.3) is 0 Å². The Morgan fingerprint density at radius 3 is 2.69 bits per heavy atom. The highest BCUT2D eigenvalue weighted by atomic mass is 16.5. The van der Waals surface area contributed by atoms with E-state index in [0.29, 0.717) is 5.75 Å². The van der Waals surface area contributed by atoms with Crippen molar-refractivity contribution in [3.05, 3.63) is 65.6 Å². The van der Waals surface area contributed by atoms with Crippen LogP contribution in [0.15, 0.2) is 48.8 Å². The molecule has 0 saturated heterocycles. The van der Waals surface area contributed by atoms with Gasteiger partial charge in [-0.25, -0.2) is 4.98 Å². The van der Waals surface area contributed by atoms with Gasteiger partial charge in [-0.2, -0.15) is 0 Å². The molecule has 1 saturated carbocycles. The van der Waals surface area contributed by atoms with E-state index in [1.807, 2.05) is 60.1 Å². The van der Waals surface area contributed by atoms with Crippen molar-refractivity contribution in [2.45, 2.75) is 37.6 Å². The summed E-state index contributed by atoms with van der Waals surface area (Å²) in [6, 6.07) is 11.9. The van der Waals surface area contributed by atoms with Crippen LogP contribution in [0.4, 0.5) is 0 Å². The van der Waals surface area contributed by atoms with E-state index < -0.39 is 17.8 Å². The van der Waals surface area contributed by atoms with Crippen molar-refractivity contribution >= 4 is 5.65 Å². The minimum absolute atomic E-state index is 0.287. The molecular formula is C21H22N2O3. The molecule has 1 N–H and O–H groups in total. The largest absolute Gasteiger partial charge is 0.479 e. The highest BCUT2D eigenvalue weighted by Crippen LogP contribution is 2.58. The molecule has 1 aliphatic carbocycles. The number of nitrogens with zero attached hydrogens (tertiary/aromatic N) is 2. The van der Waals surface area contributed by atoms with Crippen LogP contribution in [0.1, 0.15) is 35.8 Å². The molecule has 2 aliphatic rings. The Hall–Kier alpha value is -2.37. The summed E-state index contributed by atoms with van der Waals surface area (Å²) in [4.78, 5) is 4.66. The third-order valence-electron chi connectivity index (χ3n) is 5.74. The molecule has 2 aromatic heterocycles. The molecule has 134 valence electrons. The molecule has 0 amide bonds. The number of rotatable bonds is 3. The first-order valence-electron chi connectivity index (χ1n) is 9.08. The first-order valence-corrected chi connectivity index (χ1v) is 9.08. The van der Waals surface area contributed by atoms with Crippen LogP contribution < -0.4 is 4.74 Å². The van der Waals surface area contributed by atoms with E-state index >= 15 is 0 Å².